The molecule has 0 atom stereocenters. The molecule has 1 amide bonds. The van der Waals surface area contributed by atoms with Crippen molar-refractivity contribution in [3.8, 4) is 0 Å². The van der Waals surface area contributed by atoms with Crippen molar-refractivity contribution in [2.24, 2.45) is 0 Å². The van der Waals surface area contributed by atoms with Gasteiger partial charge in [0.05, 0.1) is 6.61 Å². The Morgan fingerprint density at radius 2 is 2.31 bits per heavy atom. The summed E-state index contributed by atoms with van der Waals surface area (Å²) in [7, 11) is 0. The van der Waals surface area contributed by atoms with Crippen molar-refractivity contribution in [3.05, 3.63) is 23.8 Å². The number of nitrogens with two attached hydrogens (primary N) is 1. The molecule has 5 heteroatoms. The van der Waals surface area contributed by atoms with Crippen LogP contribution >= 0.6 is 11.8 Å². The SMILES string of the molecule is CCNC(=O)c1ccc(SCCO)c(N)c1. The molecule has 0 aliphatic heterocycles. The van der Waals surface area contributed by atoms with E-state index in [2.05, 4.69) is 5.32 Å². The van der Waals surface area contributed by atoms with Gasteiger partial charge in [0.25, 0.3) is 5.91 Å². The van der Waals surface area contributed by atoms with Gasteiger partial charge in [0.1, 0.15) is 0 Å². The lowest BCUT2D eigenvalue weighted by molar-refractivity contribution is 0.0956. The number of carbonyl (C=O) groups is 1. The number of aliphatic hydroxyl groups is 1. The van der Waals surface area contributed by atoms with Crippen LogP contribution in [0.3, 0.4) is 0 Å². The molecule has 0 saturated carbocycles. The van der Waals surface area contributed by atoms with E-state index in [0.29, 0.717) is 23.5 Å². The Hall–Kier alpha value is -1.20. The van der Waals surface area contributed by atoms with E-state index in [9.17, 15) is 4.79 Å². The highest BCUT2D eigenvalue weighted by molar-refractivity contribution is 7.99. The molecule has 1 aromatic rings. The number of amides is 1. The first-order chi connectivity index (χ1) is 7.69. The summed E-state index contributed by atoms with van der Waals surface area (Å²) in [6.07, 6.45) is 0. The third-order valence-corrected chi connectivity index (χ3v) is 3.03. The zero-order valence-electron chi connectivity index (χ0n) is 9.19. The molecule has 0 radical (unpaired) electrons. The van der Waals surface area contributed by atoms with Crippen molar-refractivity contribution in [3.63, 3.8) is 0 Å². The van der Waals surface area contributed by atoms with Crippen LogP contribution in [-0.4, -0.2) is 29.9 Å². The topological polar surface area (TPSA) is 75.3 Å². The Kier molecular flexibility index (Phi) is 5.14. The van der Waals surface area contributed by atoms with E-state index in [4.69, 9.17) is 10.8 Å². The summed E-state index contributed by atoms with van der Waals surface area (Å²) in [5, 5.41) is 11.4. The summed E-state index contributed by atoms with van der Waals surface area (Å²) in [5.41, 5.74) is 6.95. The molecule has 0 aliphatic carbocycles. The quantitative estimate of drug-likeness (QED) is 0.532. The van der Waals surface area contributed by atoms with E-state index < -0.39 is 0 Å². The van der Waals surface area contributed by atoms with Crippen LogP contribution in [0.15, 0.2) is 23.1 Å². The molecule has 1 rings (SSSR count). The molecule has 1 aromatic carbocycles. The highest BCUT2D eigenvalue weighted by Gasteiger charge is 2.07. The van der Waals surface area contributed by atoms with E-state index >= 15 is 0 Å². The van der Waals surface area contributed by atoms with Crippen molar-refractivity contribution < 1.29 is 9.90 Å². The molecule has 0 unspecified atom stereocenters. The summed E-state index contributed by atoms with van der Waals surface area (Å²) in [6, 6.07) is 5.20. The van der Waals surface area contributed by atoms with Crippen LogP contribution in [0.5, 0.6) is 0 Å². The average molecular weight is 240 g/mol. The minimum absolute atomic E-state index is 0.113. The van der Waals surface area contributed by atoms with Crippen molar-refractivity contribution >= 4 is 23.4 Å². The van der Waals surface area contributed by atoms with Gasteiger partial charge in [0, 0.05) is 28.4 Å². The first kappa shape index (κ1) is 12.9. The number of nitrogens with one attached hydrogen (secondary N) is 1. The predicted octanol–water partition coefficient (Wildman–Crippen LogP) is 1.10. The predicted molar refractivity (Wildman–Crippen MR) is 66.7 cm³/mol. The fraction of sp³-hybridized carbons (Fsp3) is 0.364. The number of hydrogen-bond donors (Lipinski definition) is 3. The zero-order valence-corrected chi connectivity index (χ0v) is 10.0. The number of aliphatic hydroxyl groups excluding tert-OH is 1. The monoisotopic (exact) mass is 240 g/mol. The molecule has 0 aliphatic rings. The summed E-state index contributed by atoms with van der Waals surface area (Å²) in [4.78, 5) is 12.4. The molecule has 0 fully saturated rings. The van der Waals surface area contributed by atoms with Crippen LogP contribution in [0, 0.1) is 0 Å². The molecule has 16 heavy (non-hydrogen) atoms. The second-order valence-corrected chi connectivity index (χ2v) is 4.32. The first-order valence-electron chi connectivity index (χ1n) is 5.10. The number of rotatable bonds is 5. The van der Waals surface area contributed by atoms with Crippen LogP contribution in [0.2, 0.25) is 0 Å². The third-order valence-electron chi connectivity index (χ3n) is 1.96. The van der Waals surface area contributed by atoms with E-state index in [1.165, 1.54) is 11.8 Å². The molecule has 4 N–H and O–H groups in total. The molecule has 0 heterocycles. The maximum absolute atomic E-state index is 11.5. The van der Waals surface area contributed by atoms with E-state index in [1.54, 1.807) is 18.2 Å². The number of thioether (sulfide) groups is 1. The van der Waals surface area contributed by atoms with Crippen molar-refractivity contribution in [2.45, 2.75) is 11.8 Å². The highest BCUT2D eigenvalue weighted by atomic mass is 32.2. The van der Waals surface area contributed by atoms with Crippen LogP contribution in [0.25, 0.3) is 0 Å². The second kappa shape index (κ2) is 6.40. The van der Waals surface area contributed by atoms with Gasteiger partial charge >= 0.3 is 0 Å². The lowest BCUT2D eigenvalue weighted by Crippen LogP contribution is -2.22. The van der Waals surface area contributed by atoms with Gasteiger partial charge in [-0.15, -0.1) is 11.8 Å². The lowest BCUT2D eigenvalue weighted by atomic mass is 10.2. The van der Waals surface area contributed by atoms with Gasteiger partial charge in [0.2, 0.25) is 0 Å². The molecule has 0 bridgehead atoms. The van der Waals surface area contributed by atoms with E-state index in [0.717, 1.165) is 4.90 Å². The minimum atomic E-state index is -0.118. The Morgan fingerprint density at radius 1 is 1.56 bits per heavy atom. The van der Waals surface area contributed by atoms with Gasteiger partial charge in [-0.25, -0.2) is 0 Å². The average Bonchev–Trinajstić information content (AvgIpc) is 2.27. The number of nitrogen functional groups attached to an aromatic ring is 1. The number of hydrogen-bond acceptors (Lipinski definition) is 4. The van der Waals surface area contributed by atoms with Gasteiger partial charge in [-0.05, 0) is 25.1 Å². The van der Waals surface area contributed by atoms with Crippen LogP contribution in [0.4, 0.5) is 5.69 Å². The fourth-order valence-corrected chi connectivity index (χ4v) is 1.94. The van der Waals surface area contributed by atoms with E-state index in [-0.39, 0.29) is 12.5 Å². The van der Waals surface area contributed by atoms with Crippen LogP contribution < -0.4 is 11.1 Å². The first-order valence-corrected chi connectivity index (χ1v) is 6.09. The Morgan fingerprint density at radius 3 is 2.88 bits per heavy atom. The molecule has 0 spiro atoms. The summed E-state index contributed by atoms with van der Waals surface area (Å²) >= 11 is 1.47. The van der Waals surface area contributed by atoms with Crippen molar-refractivity contribution in [2.75, 3.05) is 24.6 Å². The van der Waals surface area contributed by atoms with Gasteiger partial charge in [-0.2, -0.15) is 0 Å². The minimum Gasteiger partial charge on any atom is -0.398 e. The van der Waals surface area contributed by atoms with Crippen LogP contribution in [0.1, 0.15) is 17.3 Å². The maximum atomic E-state index is 11.5. The Bertz CT molecular complexity index is 369. The second-order valence-electron chi connectivity index (χ2n) is 3.18. The zero-order chi connectivity index (χ0) is 12.0. The third kappa shape index (κ3) is 3.43. The maximum Gasteiger partial charge on any atom is 0.251 e. The van der Waals surface area contributed by atoms with Crippen molar-refractivity contribution in [1.29, 1.82) is 0 Å². The number of carbonyl (C=O) groups excluding carboxylic acids is 1. The van der Waals surface area contributed by atoms with E-state index in [1.807, 2.05) is 6.92 Å². The van der Waals surface area contributed by atoms with Crippen molar-refractivity contribution in [1.82, 2.24) is 5.32 Å². The smallest absolute Gasteiger partial charge is 0.251 e. The summed E-state index contributed by atoms with van der Waals surface area (Å²) < 4.78 is 0. The van der Waals surface area contributed by atoms with Gasteiger partial charge in [-0.3, -0.25) is 4.79 Å². The molecule has 0 saturated heterocycles. The molecule has 4 nitrogen and oxygen atoms in total. The summed E-state index contributed by atoms with van der Waals surface area (Å²) in [5.74, 6) is 0.484. The molecular formula is C11H16N2O2S. The Labute approximate surface area is 99.2 Å². The largest absolute Gasteiger partial charge is 0.398 e. The van der Waals surface area contributed by atoms with Crippen LogP contribution in [-0.2, 0) is 0 Å². The lowest BCUT2D eigenvalue weighted by Gasteiger charge is -2.07. The number of benzene rings is 1. The Balaban J connectivity index is 2.78. The van der Waals surface area contributed by atoms with Gasteiger partial charge < -0.3 is 16.2 Å². The molecule has 88 valence electrons. The standard InChI is InChI=1S/C11H16N2O2S/c1-2-13-11(15)8-3-4-10(9(12)7-8)16-6-5-14/h3-4,7,14H,2,5-6,12H2,1H3,(H,13,15). The normalized spacial score (nSPS) is 10.1. The summed E-state index contributed by atoms with van der Waals surface area (Å²) in [6.45, 7) is 2.58. The molecular weight excluding hydrogens is 224 g/mol. The molecule has 0 aromatic heterocycles. The van der Waals surface area contributed by atoms with Gasteiger partial charge in [0.15, 0.2) is 0 Å². The van der Waals surface area contributed by atoms with Gasteiger partial charge in [-0.1, -0.05) is 0 Å². The number of anilines is 1. The fourth-order valence-electron chi connectivity index (χ4n) is 1.24. The highest BCUT2D eigenvalue weighted by Crippen LogP contribution is 2.25.